The van der Waals surface area contributed by atoms with E-state index in [1.807, 2.05) is 62.3 Å². The number of amides is 1. The number of Topliss-reactive ketones (excluding diaryl/α,β-unsaturated/α-hetero) is 1. The molecule has 31 heavy (non-hydrogen) atoms. The first-order chi connectivity index (χ1) is 14.7. The summed E-state index contributed by atoms with van der Waals surface area (Å²) in [6.07, 6.45) is -0.492. The van der Waals surface area contributed by atoms with Crippen molar-refractivity contribution in [2.24, 2.45) is 5.41 Å². The molecule has 0 spiro atoms. The van der Waals surface area contributed by atoms with Crippen LogP contribution >= 0.6 is 8.60 Å². The average Bonchev–Trinajstić information content (AvgIpc) is 2.81. The largest absolute Gasteiger partial charge is 0.383 e. The van der Waals surface area contributed by atoms with Gasteiger partial charge in [-0.2, -0.15) is 0 Å². The molecule has 0 aliphatic heterocycles. The predicted molar refractivity (Wildman–Crippen MR) is 133 cm³/mol. The number of rotatable bonds is 12. The quantitative estimate of drug-likeness (QED) is 0.310. The number of carbonyl (C=O) groups is 2. The molecule has 0 heterocycles. The van der Waals surface area contributed by atoms with Crippen LogP contribution in [0.15, 0.2) is 0 Å². The van der Waals surface area contributed by atoms with Gasteiger partial charge < -0.3 is 29.7 Å². The standard InChI is InChI=1S/C14H29N2O6P.4C2H6/c1-6-7-16-13(19)12(18)14(3,4)9-22-23(20)21-8-11(15-5)10(2)17;4*1-2/h11-12,15,18,20H,6-9H2,1-5H3,(H,16,19);4*1-2H3. The Hall–Kier alpha value is -0.630. The average molecular weight is 473 g/mol. The molecule has 0 radical (unpaired) electrons. The van der Waals surface area contributed by atoms with Gasteiger partial charge in [-0.15, -0.1) is 0 Å². The topological polar surface area (TPSA) is 117 Å². The van der Waals surface area contributed by atoms with Gasteiger partial charge in [-0.1, -0.05) is 76.2 Å². The van der Waals surface area contributed by atoms with E-state index >= 15 is 0 Å². The van der Waals surface area contributed by atoms with Gasteiger partial charge in [-0.05, 0) is 20.4 Å². The highest BCUT2D eigenvalue weighted by atomic mass is 31.2. The number of ketones is 1. The maximum Gasteiger partial charge on any atom is 0.329 e. The zero-order valence-electron chi connectivity index (χ0n) is 22.5. The fourth-order valence-electron chi connectivity index (χ4n) is 1.58. The molecule has 0 saturated heterocycles. The molecule has 0 aliphatic carbocycles. The van der Waals surface area contributed by atoms with Crippen LogP contribution in [0.4, 0.5) is 0 Å². The lowest BCUT2D eigenvalue weighted by atomic mass is 9.87. The third kappa shape index (κ3) is 23.9. The lowest BCUT2D eigenvalue weighted by Gasteiger charge is -2.29. The summed E-state index contributed by atoms with van der Waals surface area (Å²) in [5.74, 6) is -0.588. The van der Waals surface area contributed by atoms with E-state index in [1.54, 1.807) is 20.9 Å². The van der Waals surface area contributed by atoms with Crippen molar-refractivity contribution in [1.82, 2.24) is 10.6 Å². The van der Waals surface area contributed by atoms with Crippen molar-refractivity contribution in [3.8, 4) is 0 Å². The normalized spacial score (nSPS) is 12.5. The number of carbonyl (C=O) groups excluding carboxylic acids is 2. The lowest BCUT2D eigenvalue weighted by molar-refractivity contribution is -0.136. The van der Waals surface area contributed by atoms with Crippen molar-refractivity contribution in [2.75, 3.05) is 26.8 Å². The van der Waals surface area contributed by atoms with Crippen LogP contribution in [0.3, 0.4) is 0 Å². The van der Waals surface area contributed by atoms with Gasteiger partial charge in [-0.3, -0.25) is 9.59 Å². The fraction of sp³-hybridized carbons (Fsp3) is 0.909. The Bertz CT molecular complexity index is 385. The number of hydrogen-bond acceptors (Lipinski definition) is 7. The van der Waals surface area contributed by atoms with E-state index in [2.05, 4.69) is 10.6 Å². The van der Waals surface area contributed by atoms with Crippen molar-refractivity contribution in [3.63, 3.8) is 0 Å². The lowest BCUT2D eigenvalue weighted by Crippen LogP contribution is -2.46. The Labute approximate surface area is 193 Å². The monoisotopic (exact) mass is 472 g/mol. The highest BCUT2D eigenvalue weighted by Crippen LogP contribution is 2.36. The maximum atomic E-state index is 11.8. The van der Waals surface area contributed by atoms with E-state index in [0.717, 1.165) is 6.42 Å². The first kappa shape index (κ1) is 40.7. The Morgan fingerprint density at radius 3 is 1.81 bits per heavy atom. The van der Waals surface area contributed by atoms with E-state index < -0.39 is 32.1 Å². The second-order valence-corrected chi connectivity index (χ2v) is 6.93. The minimum atomic E-state index is -2.20. The molecule has 0 saturated carbocycles. The molecule has 0 aliphatic rings. The minimum Gasteiger partial charge on any atom is -0.383 e. The van der Waals surface area contributed by atoms with E-state index in [4.69, 9.17) is 9.05 Å². The van der Waals surface area contributed by atoms with Crippen molar-refractivity contribution >= 4 is 20.3 Å². The predicted octanol–water partition coefficient (Wildman–Crippen LogP) is 4.43. The smallest absolute Gasteiger partial charge is 0.329 e. The molecule has 8 nitrogen and oxygen atoms in total. The van der Waals surface area contributed by atoms with Crippen molar-refractivity contribution in [2.45, 2.75) is 102 Å². The van der Waals surface area contributed by atoms with Gasteiger partial charge in [0.15, 0.2) is 0 Å². The van der Waals surface area contributed by atoms with Crippen LogP contribution in [0.1, 0.15) is 89.5 Å². The van der Waals surface area contributed by atoms with Crippen LogP contribution in [0.2, 0.25) is 0 Å². The zero-order valence-corrected chi connectivity index (χ0v) is 23.4. The Kier molecular flexibility index (Phi) is 38.6. The fourth-order valence-corrected chi connectivity index (χ4v) is 2.37. The van der Waals surface area contributed by atoms with E-state index in [1.165, 1.54) is 6.92 Å². The van der Waals surface area contributed by atoms with Crippen LogP contribution in [-0.4, -0.2) is 60.6 Å². The summed E-state index contributed by atoms with van der Waals surface area (Å²) < 4.78 is 10.3. The Balaban J connectivity index is -0.000000250. The second kappa shape index (κ2) is 29.4. The summed E-state index contributed by atoms with van der Waals surface area (Å²) >= 11 is 0. The molecule has 3 unspecified atom stereocenters. The van der Waals surface area contributed by atoms with Crippen molar-refractivity contribution in [1.29, 1.82) is 0 Å². The van der Waals surface area contributed by atoms with Crippen LogP contribution in [0, 0.1) is 5.41 Å². The van der Waals surface area contributed by atoms with Gasteiger partial charge in [-0.25, -0.2) is 0 Å². The number of nitrogens with one attached hydrogen (secondary N) is 2. The van der Waals surface area contributed by atoms with E-state index in [0.29, 0.717) is 6.54 Å². The highest BCUT2D eigenvalue weighted by Gasteiger charge is 2.34. The van der Waals surface area contributed by atoms with Gasteiger partial charge in [0.05, 0.1) is 19.3 Å². The van der Waals surface area contributed by atoms with E-state index in [-0.39, 0.29) is 19.0 Å². The van der Waals surface area contributed by atoms with Crippen LogP contribution in [0.25, 0.3) is 0 Å². The number of aliphatic hydroxyl groups is 1. The summed E-state index contributed by atoms with van der Waals surface area (Å²) in [6, 6.07) is -0.519. The summed E-state index contributed by atoms with van der Waals surface area (Å²) in [6.45, 7) is 23.0. The van der Waals surface area contributed by atoms with Gasteiger partial charge in [0.2, 0.25) is 5.91 Å². The highest BCUT2D eigenvalue weighted by molar-refractivity contribution is 7.40. The molecule has 0 aromatic carbocycles. The van der Waals surface area contributed by atoms with Crippen molar-refractivity contribution < 1.29 is 28.6 Å². The van der Waals surface area contributed by atoms with E-state index in [9.17, 15) is 19.6 Å². The maximum absolute atomic E-state index is 11.8. The molecule has 192 valence electrons. The molecule has 3 atom stereocenters. The number of aliphatic hydroxyl groups excluding tert-OH is 1. The molecule has 0 fully saturated rings. The van der Waals surface area contributed by atoms with Crippen LogP contribution in [0.5, 0.6) is 0 Å². The SMILES string of the molecule is CC.CC.CC.CC.CCCNC(=O)C(O)C(C)(C)COP(O)OCC(NC)C(C)=O. The third-order valence-corrected chi connectivity index (χ3v) is 4.00. The Morgan fingerprint density at radius 1 is 1.00 bits per heavy atom. The first-order valence-electron chi connectivity index (χ1n) is 11.5. The third-order valence-electron chi connectivity index (χ3n) is 3.28. The van der Waals surface area contributed by atoms with Gasteiger partial charge in [0.1, 0.15) is 11.9 Å². The van der Waals surface area contributed by atoms with Gasteiger partial charge in [0, 0.05) is 12.0 Å². The zero-order chi connectivity index (χ0) is 26.0. The Morgan fingerprint density at radius 2 is 1.45 bits per heavy atom. The number of hydrogen-bond donors (Lipinski definition) is 4. The second-order valence-electron chi connectivity index (χ2n) is 5.94. The number of likely N-dealkylation sites (N-methyl/N-ethyl adjacent to an activating group) is 1. The van der Waals surface area contributed by atoms with Gasteiger partial charge in [0.25, 0.3) is 0 Å². The summed E-state index contributed by atoms with van der Waals surface area (Å²) in [5, 5.41) is 15.4. The molecule has 1 amide bonds. The summed E-state index contributed by atoms with van der Waals surface area (Å²) in [4.78, 5) is 32.7. The van der Waals surface area contributed by atoms with Crippen molar-refractivity contribution in [3.05, 3.63) is 0 Å². The molecule has 4 N–H and O–H groups in total. The minimum absolute atomic E-state index is 0.0198. The molecule has 0 bridgehead atoms. The first-order valence-corrected chi connectivity index (χ1v) is 12.7. The molecular weight excluding hydrogens is 419 g/mol. The van der Waals surface area contributed by atoms with Crippen LogP contribution in [-0.2, 0) is 18.6 Å². The molecule has 0 aromatic heterocycles. The molecule has 9 heteroatoms. The molecule has 0 rings (SSSR count). The molecular formula is C22H53N2O6P. The van der Waals surface area contributed by atoms with Crippen LogP contribution < -0.4 is 10.6 Å². The summed E-state index contributed by atoms with van der Waals surface area (Å²) in [5.41, 5.74) is -0.895. The summed E-state index contributed by atoms with van der Waals surface area (Å²) in [7, 11) is -0.583. The van der Waals surface area contributed by atoms with Gasteiger partial charge >= 0.3 is 8.60 Å². The molecule has 0 aromatic rings.